The van der Waals surface area contributed by atoms with Gasteiger partial charge in [0.2, 0.25) is 10.0 Å². The van der Waals surface area contributed by atoms with Crippen LogP contribution in [0.4, 0.5) is 0 Å². The fourth-order valence-electron chi connectivity index (χ4n) is 2.00. The van der Waals surface area contributed by atoms with Crippen LogP contribution in [0.3, 0.4) is 0 Å². The van der Waals surface area contributed by atoms with E-state index in [9.17, 15) is 8.42 Å². The molecule has 1 aliphatic heterocycles. The highest BCUT2D eigenvalue weighted by atomic mass is 79.9. The van der Waals surface area contributed by atoms with Gasteiger partial charge in [-0.1, -0.05) is 27.6 Å². The van der Waals surface area contributed by atoms with Crippen molar-refractivity contribution in [3.05, 3.63) is 38.8 Å². The molecule has 4 nitrogen and oxygen atoms in total. The van der Waals surface area contributed by atoms with Gasteiger partial charge in [0.25, 0.3) is 0 Å². The zero-order valence-electron chi connectivity index (χ0n) is 10.8. The molecule has 1 heterocycles. The monoisotopic (exact) mass is 422 g/mol. The summed E-state index contributed by atoms with van der Waals surface area (Å²) in [5.74, 6) is 0. The van der Waals surface area contributed by atoms with Gasteiger partial charge in [0, 0.05) is 22.0 Å². The molecule has 1 aromatic rings. The van der Waals surface area contributed by atoms with Crippen molar-refractivity contribution in [3.63, 3.8) is 0 Å². The number of hydrogen-bond donors (Lipinski definition) is 2. The second-order valence-electron chi connectivity index (χ2n) is 4.54. The summed E-state index contributed by atoms with van der Waals surface area (Å²) in [6, 6.07) is 5.10. The highest BCUT2D eigenvalue weighted by Crippen LogP contribution is 2.25. The molecular formula is C13H16Br2N2O2S. The van der Waals surface area contributed by atoms with E-state index in [4.69, 9.17) is 0 Å². The van der Waals surface area contributed by atoms with Gasteiger partial charge in [-0.2, -0.15) is 0 Å². The van der Waals surface area contributed by atoms with Crippen LogP contribution in [-0.2, 0) is 10.0 Å². The average molecular weight is 424 g/mol. The maximum absolute atomic E-state index is 12.3. The van der Waals surface area contributed by atoms with Crippen LogP contribution in [0.5, 0.6) is 0 Å². The fraction of sp³-hybridized carbons (Fsp3) is 0.385. The Kier molecular flexibility index (Phi) is 5.80. The van der Waals surface area contributed by atoms with Gasteiger partial charge < -0.3 is 5.32 Å². The van der Waals surface area contributed by atoms with E-state index < -0.39 is 10.0 Å². The first-order valence-electron chi connectivity index (χ1n) is 6.32. The first-order chi connectivity index (χ1) is 9.49. The summed E-state index contributed by atoms with van der Waals surface area (Å²) in [6.07, 6.45) is 3.88. The predicted octanol–water partition coefficient (Wildman–Crippen LogP) is 2.80. The van der Waals surface area contributed by atoms with Crippen LogP contribution in [0.15, 0.2) is 43.7 Å². The molecule has 0 bridgehead atoms. The van der Waals surface area contributed by atoms with Crippen molar-refractivity contribution < 1.29 is 8.42 Å². The Balaban J connectivity index is 2.00. The van der Waals surface area contributed by atoms with Crippen molar-refractivity contribution in [2.24, 2.45) is 0 Å². The molecule has 1 aromatic carbocycles. The Morgan fingerprint density at radius 3 is 2.80 bits per heavy atom. The molecule has 7 heteroatoms. The minimum absolute atomic E-state index is 0.256. The van der Waals surface area contributed by atoms with Gasteiger partial charge in [-0.3, -0.25) is 0 Å². The quantitative estimate of drug-likeness (QED) is 0.716. The molecule has 1 aliphatic rings. The van der Waals surface area contributed by atoms with Crippen molar-refractivity contribution in [2.75, 3.05) is 19.6 Å². The minimum atomic E-state index is -3.48. The second kappa shape index (κ2) is 7.17. The topological polar surface area (TPSA) is 58.2 Å². The molecule has 110 valence electrons. The molecule has 0 aliphatic carbocycles. The number of sulfonamides is 1. The van der Waals surface area contributed by atoms with Gasteiger partial charge in [0.1, 0.15) is 0 Å². The molecule has 0 aromatic heterocycles. The Bertz CT molecular complexity index is 615. The number of rotatable bonds is 5. The van der Waals surface area contributed by atoms with Crippen molar-refractivity contribution in [1.82, 2.24) is 10.0 Å². The number of nitrogens with one attached hydrogen (secondary N) is 2. The van der Waals surface area contributed by atoms with Crippen molar-refractivity contribution in [2.45, 2.75) is 17.7 Å². The molecule has 0 radical (unpaired) electrons. The lowest BCUT2D eigenvalue weighted by atomic mass is 10.1. The molecule has 0 unspecified atom stereocenters. The van der Waals surface area contributed by atoms with Gasteiger partial charge in [-0.05, 0) is 53.5 Å². The van der Waals surface area contributed by atoms with Gasteiger partial charge >= 0.3 is 0 Å². The van der Waals surface area contributed by atoms with Gasteiger partial charge in [-0.15, -0.1) is 0 Å². The lowest BCUT2D eigenvalue weighted by Gasteiger charge is -2.14. The Morgan fingerprint density at radius 2 is 2.10 bits per heavy atom. The zero-order valence-corrected chi connectivity index (χ0v) is 14.8. The molecule has 20 heavy (non-hydrogen) atoms. The molecule has 2 N–H and O–H groups in total. The van der Waals surface area contributed by atoms with E-state index in [1.54, 1.807) is 18.2 Å². The van der Waals surface area contributed by atoms with E-state index in [1.807, 2.05) is 0 Å². The smallest absolute Gasteiger partial charge is 0.241 e. The zero-order chi connectivity index (χ0) is 14.6. The van der Waals surface area contributed by atoms with Crippen LogP contribution < -0.4 is 10.0 Å². The lowest BCUT2D eigenvalue weighted by molar-refractivity contribution is 0.579. The largest absolute Gasteiger partial charge is 0.313 e. The summed E-state index contributed by atoms with van der Waals surface area (Å²) in [5, 5.41) is 3.23. The SMILES string of the molecule is O=S(=O)(NCCC1=CCNCC1)c1cc(Br)ccc1Br. The van der Waals surface area contributed by atoms with E-state index in [0.717, 1.165) is 30.4 Å². The Labute approximate surface area is 136 Å². The third-order valence-electron chi connectivity index (χ3n) is 3.08. The standard InChI is InChI=1S/C13H16Br2N2O2S/c14-11-1-2-12(15)13(9-11)20(18,19)17-8-5-10-3-6-16-7-4-10/h1-3,9,16-17H,4-8H2. The van der Waals surface area contributed by atoms with Crippen LogP contribution in [0.25, 0.3) is 0 Å². The first-order valence-corrected chi connectivity index (χ1v) is 9.39. The molecule has 0 atom stereocenters. The van der Waals surface area contributed by atoms with Crippen molar-refractivity contribution >= 4 is 41.9 Å². The second-order valence-corrected chi connectivity index (χ2v) is 8.04. The van der Waals surface area contributed by atoms with E-state index in [0.29, 0.717) is 11.0 Å². The number of hydrogen-bond acceptors (Lipinski definition) is 3. The number of halogens is 2. The Morgan fingerprint density at radius 1 is 1.30 bits per heavy atom. The van der Waals surface area contributed by atoms with Crippen molar-refractivity contribution in [3.8, 4) is 0 Å². The molecule has 0 saturated carbocycles. The Hall–Kier alpha value is -0.210. The summed E-state index contributed by atoms with van der Waals surface area (Å²) in [4.78, 5) is 0.256. The molecule has 0 saturated heterocycles. The van der Waals surface area contributed by atoms with Crippen LogP contribution in [0.2, 0.25) is 0 Å². The number of benzene rings is 1. The van der Waals surface area contributed by atoms with Crippen LogP contribution in [0.1, 0.15) is 12.8 Å². The third-order valence-corrected chi connectivity index (χ3v) is 6.03. The summed E-state index contributed by atoms with van der Waals surface area (Å²) in [7, 11) is -3.48. The van der Waals surface area contributed by atoms with E-state index >= 15 is 0 Å². The van der Waals surface area contributed by atoms with Gasteiger partial charge in [0.05, 0.1) is 4.90 Å². The van der Waals surface area contributed by atoms with Gasteiger partial charge in [0.15, 0.2) is 0 Å². The summed E-state index contributed by atoms with van der Waals surface area (Å²) in [5.41, 5.74) is 1.31. The van der Waals surface area contributed by atoms with E-state index in [2.05, 4.69) is 48.0 Å². The molecule has 0 amide bonds. The normalized spacial score (nSPS) is 16.0. The van der Waals surface area contributed by atoms with Crippen LogP contribution in [0, 0.1) is 0 Å². The molecule has 2 rings (SSSR count). The van der Waals surface area contributed by atoms with E-state index in [1.165, 1.54) is 5.57 Å². The first kappa shape index (κ1) is 16.2. The van der Waals surface area contributed by atoms with Crippen molar-refractivity contribution in [1.29, 1.82) is 0 Å². The summed E-state index contributed by atoms with van der Waals surface area (Å²) >= 11 is 6.57. The van der Waals surface area contributed by atoms with E-state index in [-0.39, 0.29) is 4.90 Å². The van der Waals surface area contributed by atoms with Crippen LogP contribution in [-0.4, -0.2) is 28.1 Å². The lowest BCUT2D eigenvalue weighted by Crippen LogP contribution is -2.27. The fourth-order valence-corrected chi connectivity index (χ4v) is 4.54. The van der Waals surface area contributed by atoms with Crippen LogP contribution >= 0.6 is 31.9 Å². The molecule has 0 fully saturated rings. The maximum atomic E-state index is 12.3. The summed E-state index contributed by atoms with van der Waals surface area (Å²) in [6.45, 7) is 2.27. The third kappa shape index (κ3) is 4.39. The van der Waals surface area contributed by atoms with Gasteiger partial charge in [-0.25, -0.2) is 13.1 Å². The maximum Gasteiger partial charge on any atom is 0.241 e. The summed E-state index contributed by atoms with van der Waals surface area (Å²) < 4.78 is 28.5. The predicted molar refractivity (Wildman–Crippen MR) is 87.2 cm³/mol. The highest BCUT2D eigenvalue weighted by molar-refractivity contribution is 9.11. The molecule has 0 spiro atoms. The molecular weight excluding hydrogens is 408 g/mol. The highest BCUT2D eigenvalue weighted by Gasteiger charge is 2.17. The minimum Gasteiger partial charge on any atom is -0.313 e. The average Bonchev–Trinajstić information content (AvgIpc) is 2.42.